The van der Waals surface area contributed by atoms with Crippen molar-refractivity contribution in [3.63, 3.8) is 0 Å². The summed E-state index contributed by atoms with van der Waals surface area (Å²) in [5, 5.41) is 2.92. The Morgan fingerprint density at radius 3 is 2.68 bits per heavy atom. The highest BCUT2D eigenvalue weighted by Gasteiger charge is 2.18. The van der Waals surface area contributed by atoms with E-state index < -0.39 is 0 Å². The van der Waals surface area contributed by atoms with E-state index in [0.717, 1.165) is 10.6 Å². The fraction of sp³-hybridized carbons (Fsp3) is 0.429. The number of amides is 1. The molecule has 102 valence electrons. The molecule has 5 heteroatoms. The zero-order chi connectivity index (χ0) is 14.0. The van der Waals surface area contributed by atoms with E-state index in [1.165, 1.54) is 4.88 Å². The molecule has 1 amide bonds. The highest BCUT2D eigenvalue weighted by molar-refractivity contribution is 7.14. The van der Waals surface area contributed by atoms with Crippen LogP contribution in [0.1, 0.15) is 41.0 Å². The lowest BCUT2D eigenvalue weighted by atomic mass is 9.95. The van der Waals surface area contributed by atoms with Crippen LogP contribution in [-0.2, 0) is 19.0 Å². The molecule has 0 spiro atoms. The molecule has 1 N–H and O–H groups in total. The van der Waals surface area contributed by atoms with Gasteiger partial charge < -0.3 is 9.88 Å². The number of aryl methyl sites for hydroxylation is 1. The summed E-state index contributed by atoms with van der Waals surface area (Å²) in [6, 6.07) is 3.92. The van der Waals surface area contributed by atoms with E-state index in [2.05, 4.69) is 31.1 Å². The topological polar surface area (TPSA) is 46.9 Å². The second kappa shape index (κ2) is 5.17. The van der Waals surface area contributed by atoms with Gasteiger partial charge in [0.2, 0.25) is 0 Å². The van der Waals surface area contributed by atoms with Gasteiger partial charge >= 0.3 is 0 Å². The number of aromatic nitrogens is 2. The predicted molar refractivity (Wildman–Crippen MR) is 77.4 cm³/mol. The molecular weight excluding hydrogens is 258 g/mol. The Kier molecular flexibility index (Phi) is 3.75. The molecular formula is C14H19N3OS. The van der Waals surface area contributed by atoms with Crippen LogP contribution in [0.2, 0.25) is 0 Å². The first-order chi connectivity index (χ1) is 8.88. The van der Waals surface area contributed by atoms with Gasteiger partial charge in [-0.3, -0.25) is 4.79 Å². The third kappa shape index (κ3) is 3.23. The minimum atomic E-state index is -0.0262. The molecule has 0 bridgehead atoms. The quantitative estimate of drug-likeness (QED) is 0.937. The van der Waals surface area contributed by atoms with E-state index in [-0.39, 0.29) is 11.3 Å². The summed E-state index contributed by atoms with van der Waals surface area (Å²) in [6.07, 6.45) is 3.49. The largest absolute Gasteiger partial charge is 0.346 e. The smallest absolute Gasteiger partial charge is 0.261 e. The van der Waals surface area contributed by atoms with E-state index in [1.54, 1.807) is 23.9 Å². The first kappa shape index (κ1) is 13.8. The van der Waals surface area contributed by atoms with Crippen molar-refractivity contribution in [3.8, 4) is 0 Å². The van der Waals surface area contributed by atoms with Crippen LogP contribution in [0, 0.1) is 0 Å². The molecule has 4 nitrogen and oxygen atoms in total. The molecule has 0 aromatic carbocycles. The van der Waals surface area contributed by atoms with Crippen LogP contribution < -0.4 is 5.32 Å². The van der Waals surface area contributed by atoms with Gasteiger partial charge in [0.05, 0.1) is 23.4 Å². The highest BCUT2D eigenvalue weighted by Crippen LogP contribution is 2.29. The highest BCUT2D eigenvalue weighted by atomic mass is 32.1. The van der Waals surface area contributed by atoms with E-state index >= 15 is 0 Å². The second-order valence-electron chi connectivity index (χ2n) is 5.59. The van der Waals surface area contributed by atoms with Crippen molar-refractivity contribution in [3.05, 3.63) is 40.1 Å². The molecule has 0 saturated heterocycles. The first-order valence-corrected chi connectivity index (χ1v) is 7.03. The molecule has 2 aromatic rings. The van der Waals surface area contributed by atoms with Crippen LogP contribution in [0.3, 0.4) is 0 Å². The maximum atomic E-state index is 12.1. The SMILES string of the molecule is Cn1cncc1CNC(=O)c1ccc(C(C)(C)C)s1. The number of carbonyl (C=O) groups is 1. The molecule has 0 aliphatic rings. The number of hydrogen-bond donors (Lipinski definition) is 1. The summed E-state index contributed by atoms with van der Waals surface area (Å²) < 4.78 is 1.90. The molecule has 2 heterocycles. The Morgan fingerprint density at radius 2 is 2.16 bits per heavy atom. The van der Waals surface area contributed by atoms with E-state index in [4.69, 9.17) is 0 Å². The van der Waals surface area contributed by atoms with Gasteiger partial charge in [0.25, 0.3) is 5.91 Å². The average Bonchev–Trinajstić information content (AvgIpc) is 2.93. The maximum absolute atomic E-state index is 12.1. The summed E-state index contributed by atoms with van der Waals surface area (Å²) in [6.45, 7) is 6.94. The third-order valence-corrected chi connectivity index (χ3v) is 4.43. The van der Waals surface area contributed by atoms with Gasteiger partial charge in [-0.15, -0.1) is 11.3 Å². The van der Waals surface area contributed by atoms with Crippen molar-refractivity contribution >= 4 is 17.2 Å². The lowest BCUT2D eigenvalue weighted by Gasteiger charge is -2.15. The number of nitrogens with zero attached hydrogens (tertiary/aromatic N) is 2. The monoisotopic (exact) mass is 277 g/mol. The molecule has 2 aromatic heterocycles. The van der Waals surface area contributed by atoms with Gasteiger partial charge in [0.1, 0.15) is 0 Å². The lowest BCUT2D eigenvalue weighted by Crippen LogP contribution is -2.22. The van der Waals surface area contributed by atoms with E-state index in [1.807, 2.05) is 23.7 Å². The molecule has 0 radical (unpaired) electrons. The fourth-order valence-corrected chi connectivity index (χ4v) is 2.66. The standard InChI is InChI=1S/C14H19N3OS/c1-14(2,3)12-6-5-11(19-12)13(18)16-8-10-7-15-9-17(10)4/h5-7,9H,8H2,1-4H3,(H,16,18). The summed E-state index contributed by atoms with van der Waals surface area (Å²) >= 11 is 1.55. The van der Waals surface area contributed by atoms with Gasteiger partial charge in [0, 0.05) is 18.1 Å². The van der Waals surface area contributed by atoms with Crippen molar-refractivity contribution in [2.24, 2.45) is 7.05 Å². The summed E-state index contributed by atoms with van der Waals surface area (Å²) in [5.41, 5.74) is 1.08. The van der Waals surface area contributed by atoms with Crippen molar-refractivity contribution in [1.82, 2.24) is 14.9 Å². The molecule has 19 heavy (non-hydrogen) atoms. The van der Waals surface area contributed by atoms with Crippen LogP contribution in [0.5, 0.6) is 0 Å². The van der Waals surface area contributed by atoms with Gasteiger partial charge in [-0.05, 0) is 17.5 Å². The van der Waals surface area contributed by atoms with Crippen molar-refractivity contribution < 1.29 is 4.79 Å². The van der Waals surface area contributed by atoms with Crippen LogP contribution in [0.25, 0.3) is 0 Å². The van der Waals surface area contributed by atoms with Gasteiger partial charge in [0.15, 0.2) is 0 Å². The van der Waals surface area contributed by atoms with Crippen molar-refractivity contribution in [1.29, 1.82) is 0 Å². The Balaban J connectivity index is 2.01. The van der Waals surface area contributed by atoms with Gasteiger partial charge in [-0.2, -0.15) is 0 Å². The van der Waals surface area contributed by atoms with Gasteiger partial charge in [-0.1, -0.05) is 20.8 Å². The molecule has 0 atom stereocenters. The molecule has 0 unspecified atom stereocenters. The average molecular weight is 277 g/mol. The Hall–Kier alpha value is -1.62. The van der Waals surface area contributed by atoms with Crippen molar-refractivity contribution in [2.45, 2.75) is 32.7 Å². The molecule has 2 rings (SSSR count). The van der Waals surface area contributed by atoms with Crippen molar-refractivity contribution in [2.75, 3.05) is 0 Å². The number of imidazole rings is 1. The van der Waals surface area contributed by atoms with Crippen LogP contribution in [0.15, 0.2) is 24.7 Å². The van der Waals surface area contributed by atoms with Crippen LogP contribution in [0.4, 0.5) is 0 Å². The molecule has 0 saturated carbocycles. The zero-order valence-corrected chi connectivity index (χ0v) is 12.5. The maximum Gasteiger partial charge on any atom is 0.261 e. The lowest BCUT2D eigenvalue weighted by molar-refractivity contribution is 0.0954. The molecule has 0 aliphatic heterocycles. The van der Waals surface area contributed by atoms with Crippen LogP contribution >= 0.6 is 11.3 Å². The Labute approximate surface area is 117 Å². The summed E-state index contributed by atoms with van der Waals surface area (Å²) in [7, 11) is 1.91. The zero-order valence-electron chi connectivity index (χ0n) is 11.7. The van der Waals surface area contributed by atoms with E-state index in [9.17, 15) is 4.79 Å². The minimum absolute atomic E-state index is 0.0262. The summed E-state index contributed by atoms with van der Waals surface area (Å²) in [5.74, 6) is -0.0262. The number of thiophene rings is 1. The number of carbonyl (C=O) groups excluding carboxylic acids is 1. The molecule has 0 aliphatic carbocycles. The number of rotatable bonds is 3. The summed E-state index contributed by atoms with van der Waals surface area (Å²) in [4.78, 5) is 18.1. The molecule has 0 fully saturated rings. The number of nitrogens with one attached hydrogen (secondary N) is 1. The Morgan fingerprint density at radius 1 is 1.42 bits per heavy atom. The van der Waals surface area contributed by atoms with E-state index in [0.29, 0.717) is 6.54 Å². The van der Waals surface area contributed by atoms with Crippen LogP contribution in [-0.4, -0.2) is 15.5 Å². The first-order valence-electron chi connectivity index (χ1n) is 6.21. The Bertz CT molecular complexity index is 578. The predicted octanol–water partition coefficient (Wildman–Crippen LogP) is 2.71. The number of hydrogen-bond acceptors (Lipinski definition) is 3. The van der Waals surface area contributed by atoms with Gasteiger partial charge in [-0.25, -0.2) is 4.98 Å². The minimum Gasteiger partial charge on any atom is -0.346 e. The second-order valence-corrected chi connectivity index (χ2v) is 6.68. The fourth-order valence-electron chi connectivity index (χ4n) is 1.68. The third-order valence-electron chi connectivity index (χ3n) is 2.92. The normalized spacial score (nSPS) is 11.6.